The molecule has 0 saturated heterocycles. The van der Waals surface area contributed by atoms with Gasteiger partial charge in [0.25, 0.3) is 0 Å². The summed E-state index contributed by atoms with van der Waals surface area (Å²) in [7, 11) is 0. The molecule has 0 unspecified atom stereocenters. The number of anilines is 1. The van der Waals surface area contributed by atoms with Gasteiger partial charge in [-0.15, -0.1) is 11.6 Å². The summed E-state index contributed by atoms with van der Waals surface area (Å²) >= 11 is 5.32. The second-order valence-electron chi connectivity index (χ2n) is 2.74. The third-order valence-corrected chi connectivity index (χ3v) is 1.85. The molecule has 15 heavy (non-hydrogen) atoms. The predicted octanol–water partition coefficient (Wildman–Crippen LogP) is 2.21. The molecular formula is C10H11ClFNO2. The number of carbonyl (C=O) groups is 1. The van der Waals surface area contributed by atoms with Gasteiger partial charge in [-0.1, -0.05) is 0 Å². The van der Waals surface area contributed by atoms with Crippen LogP contribution in [0.4, 0.5) is 10.1 Å². The molecule has 82 valence electrons. The minimum Gasteiger partial charge on any atom is -0.491 e. The van der Waals surface area contributed by atoms with Crippen molar-refractivity contribution >= 4 is 23.2 Å². The number of nitrogens with one attached hydrogen (secondary N) is 1. The molecule has 0 fully saturated rings. The number of alkyl halides is 2. The Kier molecular flexibility index (Phi) is 4.90. The molecule has 0 atom stereocenters. The first kappa shape index (κ1) is 11.8. The van der Waals surface area contributed by atoms with Gasteiger partial charge in [-0.05, 0) is 24.3 Å². The average molecular weight is 232 g/mol. The zero-order valence-corrected chi connectivity index (χ0v) is 8.76. The highest BCUT2D eigenvalue weighted by atomic mass is 35.5. The summed E-state index contributed by atoms with van der Waals surface area (Å²) in [6.45, 7) is -0.488. The van der Waals surface area contributed by atoms with Gasteiger partial charge in [-0.3, -0.25) is 4.79 Å². The number of halogens is 2. The Hall–Kier alpha value is -1.29. The van der Waals surface area contributed by atoms with Crippen LogP contribution in [0.3, 0.4) is 0 Å². The summed E-state index contributed by atoms with van der Waals surface area (Å²) in [4.78, 5) is 10.9. The molecule has 3 nitrogen and oxygen atoms in total. The van der Waals surface area contributed by atoms with Crippen molar-refractivity contribution in [2.45, 2.75) is 0 Å². The Bertz CT molecular complexity index is 316. The number of benzene rings is 1. The Morgan fingerprint density at radius 1 is 1.40 bits per heavy atom. The third-order valence-electron chi connectivity index (χ3n) is 1.61. The zero-order chi connectivity index (χ0) is 11.1. The largest absolute Gasteiger partial charge is 0.491 e. The van der Waals surface area contributed by atoms with Crippen molar-refractivity contribution in [3.05, 3.63) is 24.3 Å². The Morgan fingerprint density at radius 3 is 2.60 bits per heavy atom. The lowest BCUT2D eigenvalue weighted by atomic mass is 10.3. The molecule has 0 spiro atoms. The van der Waals surface area contributed by atoms with Crippen LogP contribution >= 0.6 is 11.6 Å². The highest BCUT2D eigenvalue weighted by molar-refractivity contribution is 6.29. The molecule has 1 aromatic carbocycles. The van der Waals surface area contributed by atoms with Gasteiger partial charge in [0.05, 0.1) is 0 Å². The smallest absolute Gasteiger partial charge is 0.239 e. The first-order chi connectivity index (χ1) is 7.26. The lowest BCUT2D eigenvalue weighted by Crippen LogP contribution is -2.12. The summed E-state index contributed by atoms with van der Waals surface area (Å²) < 4.78 is 16.8. The molecule has 1 aromatic rings. The molecule has 0 saturated carbocycles. The van der Waals surface area contributed by atoms with E-state index in [4.69, 9.17) is 16.3 Å². The maximum Gasteiger partial charge on any atom is 0.239 e. The SMILES string of the molecule is O=C(CCl)Nc1ccc(OCCF)cc1. The molecule has 0 aromatic heterocycles. The maximum atomic E-state index is 11.8. The van der Waals surface area contributed by atoms with Gasteiger partial charge in [0, 0.05) is 5.69 Å². The molecule has 0 aliphatic carbocycles. The van der Waals surface area contributed by atoms with E-state index in [1.807, 2.05) is 0 Å². The summed E-state index contributed by atoms with van der Waals surface area (Å²) in [6.07, 6.45) is 0. The van der Waals surface area contributed by atoms with E-state index in [-0.39, 0.29) is 18.4 Å². The lowest BCUT2D eigenvalue weighted by molar-refractivity contribution is -0.113. The van der Waals surface area contributed by atoms with Gasteiger partial charge >= 0.3 is 0 Å². The monoisotopic (exact) mass is 231 g/mol. The van der Waals surface area contributed by atoms with Gasteiger partial charge < -0.3 is 10.1 Å². The fraction of sp³-hybridized carbons (Fsp3) is 0.300. The van der Waals surface area contributed by atoms with Crippen LogP contribution < -0.4 is 10.1 Å². The highest BCUT2D eigenvalue weighted by Gasteiger charge is 1.99. The van der Waals surface area contributed by atoms with E-state index in [9.17, 15) is 9.18 Å². The number of ether oxygens (including phenoxy) is 1. The standard InChI is InChI=1S/C10H11ClFNO2/c11-7-10(14)13-8-1-3-9(4-2-8)15-6-5-12/h1-4H,5-7H2,(H,13,14). The van der Waals surface area contributed by atoms with E-state index >= 15 is 0 Å². The third kappa shape index (κ3) is 4.16. The molecule has 5 heteroatoms. The van der Waals surface area contributed by atoms with Crippen LogP contribution in [-0.4, -0.2) is 25.1 Å². The van der Waals surface area contributed by atoms with Gasteiger partial charge in [-0.25, -0.2) is 4.39 Å². The van der Waals surface area contributed by atoms with Crippen molar-refractivity contribution in [1.82, 2.24) is 0 Å². The number of hydrogen-bond acceptors (Lipinski definition) is 2. The highest BCUT2D eigenvalue weighted by Crippen LogP contribution is 2.15. The van der Waals surface area contributed by atoms with E-state index in [0.717, 1.165) is 0 Å². The van der Waals surface area contributed by atoms with Gasteiger partial charge in [0.15, 0.2) is 0 Å². The number of hydrogen-bond donors (Lipinski definition) is 1. The first-order valence-electron chi connectivity index (χ1n) is 4.41. The Balaban J connectivity index is 2.52. The minimum atomic E-state index is -0.523. The van der Waals surface area contributed by atoms with Crippen LogP contribution in [0.1, 0.15) is 0 Å². The van der Waals surface area contributed by atoms with Crippen LogP contribution in [-0.2, 0) is 4.79 Å². The van der Waals surface area contributed by atoms with Crippen LogP contribution in [0, 0.1) is 0 Å². The van der Waals surface area contributed by atoms with Crippen LogP contribution in [0.25, 0.3) is 0 Å². The summed E-state index contributed by atoms with van der Waals surface area (Å²) in [5.41, 5.74) is 0.633. The molecule has 0 aliphatic heterocycles. The maximum absolute atomic E-state index is 11.8. The summed E-state index contributed by atoms with van der Waals surface area (Å²) in [5, 5.41) is 2.57. The van der Waals surface area contributed by atoms with E-state index < -0.39 is 6.67 Å². The second-order valence-corrected chi connectivity index (χ2v) is 3.01. The van der Waals surface area contributed by atoms with Crippen molar-refractivity contribution < 1.29 is 13.9 Å². The lowest BCUT2D eigenvalue weighted by Gasteiger charge is -2.05. The number of amides is 1. The van der Waals surface area contributed by atoms with Crippen molar-refractivity contribution in [2.24, 2.45) is 0 Å². The van der Waals surface area contributed by atoms with E-state index in [2.05, 4.69) is 5.32 Å². The summed E-state index contributed by atoms with van der Waals surface area (Å²) in [6, 6.07) is 6.63. The van der Waals surface area contributed by atoms with Crippen molar-refractivity contribution in [1.29, 1.82) is 0 Å². The molecule has 0 aliphatic rings. The van der Waals surface area contributed by atoms with E-state index in [1.54, 1.807) is 24.3 Å². The number of carbonyl (C=O) groups excluding carboxylic acids is 1. The fourth-order valence-electron chi connectivity index (χ4n) is 0.985. The molecule has 0 radical (unpaired) electrons. The predicted molar refractivity (Wildman–Crippen MR) is 57.3 cm³/mol. The number of rotatable bonds is 5. The second kappa shape index (κ2) is 6.24. The summed E-state index contributed by atoms with van der Waals surface area (Å²) in [5.74, 6) is 0.214. The molecule has 1 amide bonds. The molecule has 1 rings (SSSR count). The normalized spacial score (nSPS) is 9.73. The average Bonchev–Trinajstić information content (AvgIpc) is 2.28. The topological polar surface area (TPSA) is 38.3 Å². The molecule has 1 N–H and O–H groups in total. The zero-order valence-electron chi connectivity index (χ0n) is 8.00. The van der Waals surface area contributed by atoms with Crippen LogP contribution in [0.2, 0.25) is 0 Å². The van der Waals surface area contributed by atoms with Crippen LogP contribution in [0.15, 0.2) is 24.3 Å². The van der Waals surface area contributed by atoms with E-state index in [1.165, 1.54) is 0 Å². The fourth-order valence-corrected chi connectivity index (χ4v) is 1.05. The Morgan fingerprint density at radius 2 is 2.07 bits per heavy atom. The first-order valence-corrected chi connectivity index (χ1v) is 4.94. The quantitative estimate of drug-likeness (QED) is 0.789. The van der Waals surface area contributed by atoms with E-state index in [0.29, 0.717) is 11.4 Å². The van der Waals surface area contributed by atoms with Gasteiger partial charge in [0.2, 0.25) is 5.91 Å². The van der Waals surface area contributed by atoms with Gasteiger partial charge in [-0.2, -0.15) is 0 Å². The van der Waals surface area contributed by atoms with Crippen molar-refractivity contribution in [2.75, 3.05) is 24.5 Å². The van der Waals surface area contributed by atoms with Crippen LogP contribution in [0.5, 0.6) is 5.75 Å². The van der Waals surface area contributed by atoms with Crippen molar-refractivity contribution in [3.63, 3.8) is 0 Å². The molecule has 0 bridgehead atoms. The van der Waals surface area contributed by atoms with Crippen molar-refractivity contribution in [3.8, 4) is 5.75 Å². The van der Waals surface area contributed by atoms with Gasteiger partial charge in [0.1, 0.15) is 24.9 Å². The minimum absolute atomic E-state index is 0.0351. The Labute approximate surface area is 92.2 Å². The molecule has 0 heterocycles. The molecular weight excluding hydrogens is 221 g/mol.